The van der Waals surface area contributed by atoms with E-state index in [4.69, 9.17) is 17.3 Å². The van der Waals surface area contributed by atoms with Crippen molar-refractivity contribution < 1.29 is 0 Å². The quantitative estimate of drug-likeness (QED) is 0.919. The van der Waals surface area contributed by atoms with Crippen molar-refractivity contribution in [2.75, 3.05) is 18.5 Å². The van der Waals surface area contributed by atoms with E-state index in [1.165, 1.54) is 5.56 Å². The van der Waals surface area contributed by atoms with E-state index in [1.807, 2.05) is 18.2 Å². The standard InChI is InChI=1S/C16H19ClN2/c1-12-6-8-15(9-7-12)19(2)16(11-18)13-4-3-5-14(17)10-13/h3-10,16H,11,18H2,1-2H3. The van der Waals surface area contributed by atoms with E-state index in [-0.39, 0.29) is 6.04 Å². The van der Waals surface area contributed by atoms with Crippen LogP contribution in [0.1, 0.15) is 17.2 Å². The number of aryl methyl sites for hydroxylation is 1. The molecule has 19 heavy (non-hydrogen) atoms. The predicted octanol–water partition coefficient (Wildman–Crippen LogP) is 3.78. The normalized spacial score (nSPS) is 12.2. The molecule has 0 saturated carbocycles. The van der Waals surface area contributed by atoms with Crippen molar-refractivity contribution in [1.29, 1.82) is 0 Å². The summed E-state index contributed by atoms with van der Waals surface area (Å²) in [6, 6.07) is 16.5. The summed E-state index contributed by atoms with van der Waals surface area (Å²) in [5.41, 5.74) is 9.48. The van der Waals surface area contributed by atoms with Crippen LogP contribution in [0.5, 0.6) is 0 Å². The van der Waals surface area contributed by atoms with Crippen molar-refractivity contribution in [2.45, 2.75) is 13.0 Å². The number of halogens is 1. The minimum atomic E-state index is 0.126. The van der Waals surface area contributed by atoms with Crippen LogP contribution in [0, 0.1) is 6.92 Å². The molecule has 0 fully saturated rings. The van der Waals surface area contributed by atoms with Crippen molar-refractivity contribution in [3.8, 4) is 0 Å². The van der Waals surface area contributed by atoms with E-state index in [9.17, 15) is 0 Å². The monoisotopic (exact) mass is 274 g/mol. The fraction of sp³-hybridized carbons (Fsp3) is 0.250. The summed E-state index contributed by atoms with van der Waals surface area (Å²) < 4.78 is 0. The van der Waals surface area contributed by atoms with Gasteiger partial charge in [-0.3, -0.25) is 0 Å². The Balaban J connectivity index is 2.28. The lowest BCUT2D eigenvalue weighted by Gasteiger charge is -2.29. The summed E-state index contributed by atoms with van der Waals surface area (Å²) >= 11 is 6.06. The molecule has 0 aromatic heterocycles. The maximum Gasteiger partial charge on any atom is 0.0662 e. The molecule has 100 valence electrons. The molecule has 0 spiro atoms. The fourth-order valence-corrected chi connectivity index (χ4v) is 2.39. The van der Waals surface area contributed by atoms with Gasteiger partial charge < -0.3 is 10.6 Å². The van der Waals surface area contributed by atoms with Gasteiger partial charge in [0.2, 0.25) is 0 Å². The summed E-state index contributed by atoms with van der Waals surface area (Å²) in [6.07, 6.45) is 0. The molecule has 2 nitrogen and oxygen atoms in total. The zero-order valence-electron chi connectivity index (χ0n) is 11.3. The highest BCUT2D eigenvalue weighted by Crippen LogP contribution is 2.26. The third kappa shape index (κ3) is 3.28. The molecule has 2 aromatic carbocycles. The smallest absolute Gasteiger partial charge is 0.0662 e. The SMILES string of the molecule is Cc1ccc(N(C)C(CN)c2cccc(Cl)c2)cc1. The van der Waals surface area contributed by atoms with Crippen LogP contribution in [0.4, 0.5) is 5.69 Å². The molecule has 0 heterocycles. The summed E-state index contributed by atoms with van der Waals surface area (Å²) in [4.78, 5) is 2.19. The Hall–Kier alpha value is -1.51. The summed E-state index contributed by atoms with van der Waals surface area (Å²) in [6.45, 7) is 2.63. The van der Waals surface area contributed by atoms with Gasteiger partial charge in [0.25, 0.3) is 0 Å². The highest BCUT2D eigenvalue weighted by Gasteiger charge is 2.16. The number of benzene rings is 2. The molecule has 3 heteroatoms. The molecule has 2 aromatic rings. The average molecular weight is 275 g/mol. The van der Waals surface area contributed by atoms with Crippen LogP contribution in [0.25, 0.3) is 0 Å². The third-order valence-electron chi connectivity index (χ3n) is 3.37. The first kappa shape index (κ1) is 13.9. The first-order valence-corrected chi connectivity index (χ1v) is 6.74. The molecule has 2 N–H and O–H groups in total. The number of hydrogen-bond donors (Lipinski definition) is 1. The molecule has 0 aliphatic carbocycles. The number of anilines is 1. The zero-order valence-corrected chi connectivity index (χ0v) is 12.1. The highest BCUT2D eigenvalue weighted by atomic mass is 35.5. The van der Waals surface area contributed by atoms with Gasteiger partial charge in [-0.1, -0.05) is 41.4 Å². The molecule has 0 radical (unpaired) electrons. The van der Waals surface area contributed by atoms with Crippen LogP contribution >= 0.6 is 11.6 Å². The highest BCUT2D eigenvalue weighted by molar-refractivity contribution is 6.30. The molecular formula is C16H19ClN2. The zero-order chi connectivity index (χ0) is 13.8. The van der Waals surface area contributed by atoms with E-state index < -0.39 is 0 Å². The molecule has 1 unspecified atom stereocenters. The first-order chi connectivity index (χ1) is 9.11. The van der Waals surface area contributed by atoms with E-state index in [0.29, 0.717) is 6.54 Å². The largest absolute Gasteiger partial charge is 0.366 e. The second kappa shape index (κ2) is 6.09. The van der Waals surface area contributed by atoms with Gasteiger partial charge >= 0.3 is 0 Å². The molecule has 0 aliphatic heterocycles. The number of nitrogens with two attached hydrogens (primary N) is 1. The topological polar surface area (TPSA) is 29.3 Å². The molecule has 0 amide bonds. The lowest BCUT2D eigenvalue weighted by atomic mass is 10.0. The molecular weight excluding hydrogens is 256 g/mol. The fourth-order valence-electron chi connectivity index (χ4n) is 2.19. The Kier molecular flexibility index (Phi) is 4.46. The van der Waals surface area contributed by atoms with Gasteiger partial charge in [0.05, 0.1) is 6.04 Å². The van der Waals surface area contributed by atoms with Crippen molar-refractivity contribution in [1.82, 2.24) is 0 Å². The van der Waals surface area contributed by atoms with Gasteiger partial charge in [-0.15, -0.1) is 0 Å². The van der Waals surface area contributed by atoms with Crippen LogP contribution in [0.15, 0.2) is 48.5 Å². The summed E-state index contributed by atoms with van der Waals surface area (Å²) in [5, 5.41) is 0.744. The van der Waals surface area contributed by atoms with Crippen LogP contribution < -0.4 is 10.6 Å². The molecule has 0 saturated heterocycles. The van der Waals surface area contributed by atoms with Gasteiger partial charge in [-0.25, -0.2) is 0 Å². The first-order valence-electron chi connectivity index (χ1n) is 6.37. The van der Waals surface area contributed by atoms with Crippen molar-refractivity contribution in [3.63, 3.8) is 0 Å². The lowest BCUT2D eigenvalue weighted by molar-refractivity contribution is 0.681. The van der Waals surface area contributed by atoms with E-state index >= 15 is 0 Å². The minimum Gasteiger partial charge on any atom is -0.366 e. The molecule has 0 aliphatic rings. The minimum absolute atomic E-state index is 0.126. The Bertz CT molecular complexity index is 537. The van der Waals surface area contributed by atoms with E-state index in [0.717, 1.165) is 16.3 Å². The molecule has 2 rings (SSSR count). The van der Waals surface area contributed by atoms with Crippen LogP contribution in [0.3, 0.4) is 0 Å². The van der Waals surface area contributed by atoms with Gasteiger partial charge in [0.1, 0.15) is 0 Å². The van der Waals surface area contributed by atoms with E-state index in [1.54, 1.807) is 0 Å². The Morgan fingerprint density at radius 3 is 2.42 bits per heavy atom. The Morgan fingerprint density at radius 2 is 1.84 bits per heavy atom. The maximum absolute atomic E-state index is 6.06. The van der Waals surface area contributed by atoms with Crippen molar-refractivity contribution >= 4 is 17.3 Å². The van der Waals surface area contributed by atoms with Gasteiger partial charge in [-0.2, -0.15) is 0 Å². The number of likely N-dealkylation sites (N-methyl/N-ethyl adjacent to an activating group) is 1. The number of rotatable bonds is 4. The maximum atomic E-state index is 6.06. The summed E-state index contributed by atoms with van der Waals surface area (Å²) in [7, 11) is 2.06. The molecule has 1 atom stereocenters. The lowest BCUT2D eigenvalue weighted by Crippen LogP contribution is -2.30. The summed E-state index contributed by atoms with van der Waals surface area (Å²) in [5.74, 6) is 0. The van der Waals surface area contributed by atoms with E-state index in [2.05, 4.69) is 49.2 Å². The van der Waals surface area contributed by atoms with Crippen molar-refractivity contribution in [3.05, 3.63) is 64.7 Å². The number of nitrogens with zero attached hydrogens (tertiary/aromatic N) is 1. The second-order valence-electron chi connectivity index (χ2n) is 4.75. The second-order valence-corrected chi connectivity index (χ2v) is 5.19. The van der Waals surface area contributed by atoms with Gasteiger partial charge in [0, 0.05) is 24.3 Å². The van der Waals surface area contributed by atoms with Gasteiger partial charge in [-0.05, 0) is 36.8 Å². The van der Waals surface area contributed by atoms with Crippen LogP contribution in [-0.4, -0.2) is 13.6 Å². The Labute approximate surface area is 119 Å². The third-order valence-corrected chi connectivity index (χ3v) is 3.60. The Morgan fingerprint density at radius 1 is 1.16 bits per heavy atom. The average Bonchev–Trinajstić information content (AvgIpc) is 2.40. The van der Waals surface area contributed by atoms with Crippen LogP contribution in [-0.2, 0) is 0 Å². The van der Waals surface area contributed by atoms with Crippen molar-refractivity contribution in [2.24, 2.45) is 5.73 Å². The predicted molar refractivity (Wildman–Crippen MR) is 82.8 cm³/mol. The molecule has 0 bridgehead atoms. The number of hydrogen-bond acceptors (Lipinski definition) is 2. The van der Waals surface area contributed by atoms with Gasteiger partial charge in [0.15, 0.2) is 0 Å². The van der Waals surface area contributed by atoms with Crippen LogP contribution in [0.2, 0.25) is 5.02 Å².